The first-order valence-electron chi connectivity index (χ1n) is 23.8. The van der Waals surface area contributed by atoms with E-state index in [1.165, 1.54) is 0 Å². The summed E-state index contributed by atoms with van der Waals surface area (Å²) in [6.45, 7) is 19.2. The van der Waals surface area contributed by atoms with Crippen LogP contribution in [0.4, 0.5) is 0 Å². The second kappa shape index (κ2) is 20.0. The molecule has 0 bridgehead atoms. The van der Waals surface area contributed by atoms with E-state index in [2.05, 4.69) is 59.2 Å². The number of amides is 2. The minimum absolute atomic E-state index is 0.000664. The molecular weight excluding hydrogens is 821 g/mol. The third-order valence-electron chi connectivity index (χ3n) is 14.7. The number of hydrogen-bond acceptors (Lipinski definition) is 11. The van der Waals surface area contributed by atoms with Crippen molar-refractivity contribution < 1.29 is 37.0 Å². The van der Waals surface area contributed by atoms with Crippen LogP contribution >= 0.6 is 0 Å². The molecule has 1 saturated carbocycles. The summed E-state index contributed by atoms with van der Waals surface area (Å²) in [4.78, 5) is 39.2. The van der Waals surface area contributed by atoms with Crippen LogP contribution in [-0.4, -0.2) is 128 Å². The lowest BCUT2D eigenvalue weighted by Gasteiger charge is -2.38. The van der Waals surface area contributed by atoms with Crippen LogP contribution in [0.15, 0.2) is 30.4 Å². The number of aromatic nitrogens is 1. The summed E-state index contributed by atoms with van der Waals surface area (Å²) in [5.41, 5.74) is 0.963. The number of ether oxygens (including phenoxy) is 4. The Morgan fingerprint density at radius 1 is 1.06 bits per heavy atom. The predicted octanol–water partition coefficient (Wildman–Crippen LogP) is 5.65. The molecule has 1 aliphatic carbocycles. The highest BCUT2D eigenvalue weighted by Crippen LogP contribution is 2.46. The molecule has 7 rings (SSSR count). The molecule has 2 amide bonds. The number of carbonyl (C=O) groups excluding carboxylic acids is 2. The lowest BCUT2D eigenvalue weighted by molar-refractivity contribution is -0.141. The van der Waals surface area contributed by atoms with Crippen LogP contribution in [0.5, 0.6) is 11.5 Å². The Kier molecular flexibility index (Phi) is 15.1. The van der Waals surface area contributed by atoms with Crippen molar-refractivity contribution in [2.45, 2.75) is 153 Å². The SMILES string of the molecule is CCc1nc2ccc(OCCN3CCOCC3)cc2c2c1OC1(CC2)CC2C(=O)NC(C)(CNS(=O)(=O)C3(C)CC3)C(C)C=CCCCCCC(NCOC(C)C(C)C)C(=O)N2C1. The van der Waals surface area contributed by atoms with Crippen LogP contribution in [0, 0.1) is 11.8 Å². The summed E-state index contributed by atoms with van der Waals surface area (Å²) in [6, 6.07) is 4.65. The third kappa shape index (κ3) is 11.0. The Hall–Kier alpha value is -3.34. The van der Waals surface area contributed by atoms with Crippen LogP contribution in [0.3, 0.4) is 0 Å². The molecule has 2 saturated heterocycles. The normalized spacial score (nSPS) is 28.8. The number of morpholine rings is 1. The van der Waals surface area contributed by atoms with Crippen LogP contribution in [-0.2, 0) is 41.9 Å². The summed E-state index contributed by atoms with van der Waals surface area (Å²) in [5.74, 6) is 1.14. The molecule has 15 heteroatoms. The maximum atomic E-state index is 15.0. The van der Waals surface area contributed by atoms with E-state index in [0.717, 1.165) is 92.2 Å². The quantitative estimate of drug-likeness (QED) is 0.159. The average Bonchev–Trinajstić information content (AvgIpc) is 3.94. The highest BCUT2D eigenvalue weighted by molar-refractivity contribution is 7.91. The van der Waals surface area contributed by atoms with Crippen molar-refractivity contribution in [3.05, 3.63) is 41.6 Å². The van der Waals surface area contributed by atoms with Crippen LogP contribution in [0.2, 0.25) is 0 Å². The van der Waals surface area contributed by atoms with Crippen LogP contribution < -0.4 is 24.8 Å². The van der Waals surface area contributed by atoms with Gasteiger partial charge in [-0.25, -0.2) is 18.1 Å². The zero-order chi connectivity index (χ0) is 45.0. The van der Waals surface area contributed by atoms with Gasteiger partial charge in [-0.3, -0.25) is 19.8 Å². The highest BCUT2D eigenvalue weighted by atomic mass is 32.2. The minimum Gasteiger partial charge on any atom is -0.492 e. The lowest BCUT2D eigenvalue weighted by atomic mass is 9.85. The first-order valence-corrected chi connectivity index (χ1v) is 25.2. The molecule has 2 aromatic rings. The molecule has 0 radical (unpaired) electrons. The molecule has 350 valence electrons. The third-order valence-corrected chi connectivity index (χ3v) is 16.9. The van der Waals surface area contributed by atoms with E-state index in [9.17, 15) is 8.42 Å². The van der Waals surface area contributed by atoms with Gasteiger partial charge in [0.15, 0.2) is 0 Å². The Morgan fingerprint density at radius 3 is 2.57 bits per heavy atom. The number of nitrogens with one attached hydrogen (secondary N) is 3. The number of sulfonamides is 1. The summed E-state index contributed by atoms with van der Waals surface area (Å²) in [5, 5.41) is 7.74. The topological polar surface area (TPSA) is 161 Å². The number of hydrogen-bond donors (Lipinski definition) is 3. The van der Waals surface area contributed by atoms with Crippen molar-refractivity contribution in [2.24, 2.45) is 11.8 Å². The van der Waals surface area contributed by atoms with Crippen molar-refractivity contribution in [2.75, 3.05) is 59.3 Å². The predicted molar refractivity (Wildman–Crippen MR) is 245 cm³/mol. The van der Waals surface area contributed by atoms with Crippen LogP contribution in [0.25, 0.3) is 10.9 Å². The van der Waals surface area contributed by atoms with Gasteiger partial charge in [-0.15, -0.1) is 0 Å². The maximum absolute atomic E-state index is 15.0. The molecule has 1 aromatic carbocycles. The summed E-state index contributed by atoms with van der Waals surface area (Å²) < 4.78 is 54.0. The second-order valence-corrected chi connectivity index (χ2v) is 22.0. The first-order chi connectivity index (χ1) is 30.1. The fourth-order valence-corrected chi connectivity index (χ4v) is 10.8. The van der Waals surface area contributed by atoms with Crippen molar-refractivity contribution in [3.8, 4) is 11.5 Å². The van der Waals surface area contributed by atoms with E-state index in [4.69, 9.17) is 23.9 Å². The Bertz CT molecular complexity index is 2070. The fraction of sp³-hybridized carbons (Fsp3) is 0.729. The Balaban J connectivity index is 1.19. The summed E-state index contributed by atoms with van der Waals surface area (Å²) in [6.07, 6.45) is 11.8. The van der Waals surface area contributed by atoms with Gasteiger partial charge in [0.1, 0.15) is 29.7 Å². The molecular formula is C48H74N6O8S. The van der Waals surface area contributed by atoms with Crippen LogP contribution in [0.1, 0.15) is 118 Å². The van der Waals surface area contributed by atoms with E-state index in [1.807, 2.05) is 32.9 Å². The van der Waals surface area contributed by atoms with E-state index in [1.54, 1.807) is 11.8 Å². The van der Waals surface area contributed by atoms with Crippen molar-refractivity contribution >= 4 is 32.7 Å². The molecule has 3 N–H and O–H groups in total. The van der Waals surface area contributed by atoms with Crippen molar-refractivity contribution in [3.63, 3.8) is 0 Å². The molecule has 63 heavy (non-hydrogen) atoms. The first kappa shape index (κ1) is 47.6. The zero-order valence-electron chi connectivity index (χ0n) is 38.9. The molecule has 6 atom stereocenters. The van der Waals surface area contributed by atoms with Gasteiger partial charge in [0.2, 0.25) is 21.8 Å². The number of fused-ring (bicyclic) bond motifs is 4. The summed E-state index contributed by atoms with van der Waals surface area (Å²) >= 11 is 0. The van der Waals surface area contributed by atoms with Gasteiger partial charge >= 0.3 is 0 Å². The molecule has 5 heterocycles. The standard InChI is InChI=1S/C48H74N6O8S/c1-8-39-43-37(38-28-36(16-17-40(38)51-39)60-27-24-53-22-25-59-26-23-53)18-19-48(62-43)29-42-44(55)52-47(7,30-50-63(57,58)46(6)20-21-46)34(4)14-12-10-9-11-13-15-41(45(56)54(42)31-48)49-32-61-35(5)33(2)3/h12,14,16-17,28,33-35,41-42,49-50H,8-11,13,15,18-27,29-32H2,1-7H3,(H,52,55). The van der Waals surface area contributed by atoms with Crippen molar-refractivity contribution in [1.82, 2.24) is 30.1 Å². The number of carbonyl (C=O) groups is 2. The number of pyridine rings is 1. The minimum atomic E-state index is -3.62. The number of nitrogens with zero attached hydrogens (tertiary/aromatic N) is 3. The van der Waals surface area contributed by atoms with E-state index in [0.29, 0.717) is 51.0 Å². The van der Waals surface area contributed by atoms with E-state index >= 15 is 9.59 Å². The van der Waals surface area contributed by atoms with Gasteiger partial charge in [0.05, 0.1) is 60.1 Å². The molecule has 1 spiro atoms. The molecule has 4 aliphatic heterocycles. The monoisotopic (exact) mass is 895 g/mol. The maximum Gasteiger partial charge on any atom is 0.243 e. The summed E-state index contributed by atoms with van der Waals surface area (Å²) in [7, 11) is -3.62. The lowest BCUT2D eigenvalue weighted by Crippen LogP contribution is -2.61. The number of rotatable bonds is 14. The largest absolute Gasteiger partial charge is 0.492 e. The second-order valence-electron chi connectivity index (χ2n) is 19.7. The van der Waals surface area contributed by atoms with Gasteiger partial charge in [-0.2, -0.15) is 0 Å². The number of allylic oxidation sites excluding steroid dienone is 1. The van der Waals surface area contributed by atoms with Gasteiger partial charge in [-0.05, 0) is 102 Å². The van der Waals surface area contributed by atoms with E-state index < -0.39 is 38.0 Å². The molecule has 14 nitrogen and oxygen atoms in total. The Morgan fingerprint density at radius 2 is 1.84 bits per heavy atom. The highest BCUT2D eigenvalue weighted by Gasteiger charge is 2.55. The van der Waals surface area contributed by atoms with E-state index in [-0.39, 0.29) is 50.1 Å². The van der Waals surface area contributed by atoms with Gasteiger partial charge in [0.25, 0.3) is 0 Å². The number of benzene rings is 1. The average molecular weight is 895 g/mol. The Labute approximate surface area is 376 Å². The zero-order valence-corrected chi connectivity index (χ0v) is 39.7. The smallest absolute Gasteiger partial charge is 0.243 e. The molecule has 5 aliphatic rings. The van der Waals surface area contributed by atoms with Crippen molar-refractivity contribution in [1.29, 1.82) is 0 Å². The molecule has 6 unspecified atom stereocenters. The molecule has 3 fully saturated rings. The van der Waals surface area contributed by atoms with Gasteiger partial charge < -0.3 is 29.2 Å². The van der Waals surface area contributed by atoms with Gasteiger partial charge in [-0.1, -0.05) is 52.7 Å². The molecule has 1 aromatic heterocycles. The fourth-order valence-electron chi connectivity index (χ4n) is 9.28. The van der Waals surface area contributed by atoms with Gasteiger partial charge in [0, 0.05) is 43.5 Å². The number of aryl methyl sites for hydroxylation is 2.